The molecule has 0 radical (unpaired) electrons. The summed E-state index contributed by atoms with van der Waals surface area (Å²) >= 11 is 3.23. The minimum atomic E-state index is -0.346. The molecule has 33 heavy (non-hydrogen) atoms. The van der Waals surface area contributed by atoms with Crippen LogP contribution in [0.4, 0.5) is 0 Å². The molecule has 2 aromatic heterocycles. The molecule has 0 spiro atoms. The number of carbonyl (C=O) groups is 1. The lowest BCUT2D eigenvalue weighted by molar-refractivity contribution is -0.0169. The zero-order valence-corrected chi connectivity index (χ0v) is 19.9. The standard InChI is InChI=1S/C25H22N2O4S2/c1-3-30-25(28)17-8-18-10-29-14-31-22(18)19(9-17)11-32-23-21-20(12-33-24(21)27-13-26-23)16-6-4-15(2)5-7-16/h4-9,12-13H,3,10-11,14H2,1-2H3. The molecule has 6 nitrogen and oxygen atoms in total. The highest BCUT2D eigenvalue weighted by molar-refractivity contribution is 7.98. The van der Waals surface area contributed by atoms with Crippen LogP contribution >= 0.6 is 23.1 Å². The number of esters is 1. The number of aromatic nitrogens is 2. The molecule has 0 unspecified atom stereocenters. The maximum atomic E-state index is 12.4. The van der Waals surface area contributed by atoms with Crippen LogP contribution in [0, 0.1) is 6.92 Å². The van der Waals surface area contributed by atoms with Crippen molar-refractivity contribution in [2.75, 3.05) is 13.4 Å². The SMILES string of the molecule is CCOC(=O)c1cc2c(c(CSc3ncnc4scc(-c5ccc(C)cc5)c34)c1)OCOC2. The second-order valence-electron chi connectivity index (χ2n) is 7.62. The molecular weight excluding hydrogens is 456 g/mol. The number of thiophene rings is 1. The van der Waals surface area contributed by atoms with Gasteiger partial charge in [-0.05, 0) is 31.5 Å². The second-order valence-corrected chi connectivity index (χ2v) is 9.44. The van der Waals surface area contributed by atoms with E-state index in [0.29, 0.717) is 24.5 Å². The molecule has 4 aromatic rings. The van der Waals surface area contributed by atoms with Crippen molar-refractivity contribution in [1.29, 1.82) is 0 Å². The number of ether oxygens (including phenoxy) is 3. The number of hydrogen-bond acceptors (Lipinski definition) is 8. The van der Waals surface area contributed by atoms with Crippen LogP contribution < -0.4 is 4.74 Å². The first-order valence-corrected chi connectivity index (χ1v) is 12.5. The van der Waals surface area contributed by atoms with E-state index in [-0.39, 0.29) is 12.8 Å². The van der Waals surface area contributed by atoms with Gasteiger partial charge in [-0.3, -0.25) is 0 Å². The normalized spacial score (nSPS) is 12.9. The van der Waals surface area contributed by atoms with Crippen molar-refractivity contribution >= 4 is 39.3 Å². The third-order valence-electron chi connectivity index (χ3n) is 5.36. The summed E-state index contributed by atoms with van der Waals surface area (Å²) in [7, 11) is 0. The maximum absolute atomic E-state index is 12.4. The fourth-order valence-electron chi connectivity index (χ4n) is 3.79. The number of carbonyl (C=O) groups excluding carboxylic acids is 1. The Morgan fingerprint density at radius 3 is 2.88 bits per heavy atom. The van der Waals surface area contributed by atoms with E-state index in [1.165, 1.54) is 5.56 Å². The molecule has 0 saturated carbocycles. The highest BCUT2D eigenvalue weighted by Crippen LogP contribution is 2.40. The van der Waals surface area contributed by atoms with Crippen molar-refractivity contribution in [1.82, 2.24) is 9.97 Å². The van der Waals surface area contributed by atoms with Gasteiger partial charge in [0.2, 0.25) is 0 Å². The Bertz CT molecular complexity index is 1320. The molecule has 168 valence electrons. The molecule has 1 aliphatic heterocycles. The number of hydrogen-bond donors (Lipinski definition) is 0. The van der Waals surface area contributed by atoms with Crippen molar-refractivity contribution in [2.45, 2.75) is 31.2 Å². The lowest BCUT2D eigenvalue weighted by Crippen LogP contribution is -2.15. The van der Waals surface area contributed by atoms with Gasteiger partial charge in [0.15, 0.2) is 6.79 Å². The molecule has 0 saturated heterocycles. The molecule has 0 N–H and O–H groups in total. The molecule has 0 aliphatic carbocycles. The maximum Gasteiger partial charge on any atom is 0.338 e. The zero-order chi connectivity index (χ0) is 22.8. The lowest BCUT2D eigenvalue weighted by Gasteiger charge is -2.21. The van der Waals surface area contributed by atoms with Crippen LogP contribution in [0.5, 0.6) is 5.75 Å². The average Bonchev–Trinajstić information content (AvgIpc) is 3.28. The fourth-order valence-corrected chi connectivity index (χ4v) is 5.75. The van der Waals surface area contributed by atoms with E-state index >= 15 is 0 Å². The highest BCUT2D eigenvalue weighted by Gasteiger charge is 2.21. The number of rotatable bonds is 6. The van der Waals surface area contributed by atoms with Crippen LogP contribution in [0.2, 0.25) is 0 Å². The van der Waals surface area contributed by atoms with Crippen LogP contribution in [0.1, 0.15) is 34.0 Å². The van der Waals surface area contributed by atoms with Gasteiger partial charge in [0, 0.05) is 27.8 Å². The molecule has 1 aliphatic rings. The molecule has 5 rings (SSSR count). The third-order valence-corrected chi connectivity index (χ3v) is 7.29. The first-order chi connectivity index (χ1) is 16.1. The Balaban J connectivity index is 1.50. The molecule has 0 amide bonds. The summed E-state index contributed by atoms with van der Waals surface area (Å²) in [6.45, 7) is 4.81. The number of benzene rings is 2. The monoisotopic (exact) mass is 478 g/mol. The Kier molecular flexibility index (Phi) is 6.30. The minimum Gasteiger partial charge on any atom is -0.467 e. The number of thioether (sulfide) groups is 1. The lowest BCUT2D eigenvalue weighted by atomic mass is 10.0. The Labute approximate surface area is 199 Å². The van der Waals surface area contributed by atoms with Gasteiger partial charge in [-0.2, -0.15) is 0 Å². The van der Waals surface area contributed by atoms with Crippen molar-refractivity contribution in [3.63, 3.8) is 0 Å². The summed E-state index contributed by atoms with van der Waals surface area (Å²) in [5.74, 6) is 1.02. The van der Waals surface area contributed by atoms with Gasteiger partial charge in [-0.1, -0.05) is 29.8 Å². The van der Waals surface area contributed by atoms with Gasteiger partial charge in [0.05, 0.1) is 24.2 Å². The van der Waals surface area contributed by atoms with E-state index in [1.54, 1.807) is 42.4 Å². The number of aryl methyl sites for hydroxylation is 1. The van der Waals surface area contributed by atoms with E-state index in [2.05, 4.69) is 46.5 Å². The summed E-state index contributed by atoms with van der Waals surface area (Å²) in [6.07, 6.45) is 1.61. The predicted molar refractivity (Wildman–Crippen MR) is 130 cm³/mol. The predicted octanol–water partition coefficient (Wildman–Crippen LogP) is 6.00. The van der Waals surface area contributed by atoms with Crippen LogP contribution in [-0.4, -0.2) is 29.3 Å². The smallest absolute Gasteiger partial charge is 0.338 e. The number of nitrogens with zero attached hydrogens (tertiary/aromatic N) is 2. The highest BCUT2D eigenvalue weighted by atomic mass is 32.2. The third kappa shape index (κ3) is 4.46. The Hall–Kier alpha value is -2.94. The molecule has 8 heteroatoms. The summed E-state index contributed by atoms with van der Waals surface area (Å²) in [5, 5.41) is 4.09. The van der Waals surface area contributed by atoms with E-state index in [1.807, 2.05) is 6.07 Å². The van der Waals surface area contributed by atoms with Crippen molar-refractivity contribution in [2.24, 2.45) is 0 Å². The van der Waals surface area contributed by atoms with Crippen LogP contribution in [0.15, 0.2) is 53.1 Å². The summed E-state index contributed by atoms with van der Waals surface area (Å²) < 4.78 is 16.4. The second kappa shape index (κ2) is 9.51. The average molecular weight is 479 g/mol. The van der Waals surface area contributed by atoms with Crippen LogP contribution in [0.3, 0.4) is 0 Å². The van der Waals surface area contributed by atoms with Gasteiger partial charge in [0.25, 0.3) is 0 Å². The zero-order valence-electron chi connectivity index (χ0n) is 18.3. The molecule has 0 fully saturated rings. The van der Waals surface area contributed by atoms with E-state index < -0.39 is 0 Å². The summed E-state index contributed by atoms with van der Waals surface area (Å²) in [4.78, 5) is 22.4. The molecule has 0 atom stereocenters. The Morgan fingerprint density at radius 2 is 2.06 bits per heavy atom. The summed E-state index contributed by atoms with van der Waals surface area (Å²) in [5.41, 5.74) is 5.77. The van der Waals surface area contributed by atoms with Gasteiger partial charge in [-0.25, -0.2) is 14.8 Å². The van der Waals surface area contributed by atoms with Crippen molar-refractivity contribution in [3.8, 4) is 16.9 Å². The molecular formula is C25H22N2O4S2. The topological polar surface area (TPSA) is 70.5 Å². The fraction of sp³-hybridized carbons (Fsp3) is 0.240. The van der Waals surface area contributed by atoms with E-state index in [4.69, 9.17) is 14.2 Å². The van der Waals surface area contributed by atoms with Gasteiger partial charge < -0.3 is 14.2 Å². The van der Waals surface area contributed by atoms with Gasteiger partial charge in [0.1, 0.15) is 21.9 Å². The number of fused-ring (bicyclic) bond motifs is 2. The first-order valence-electron chi connectivity index (χ1n) is 10.6. The molecule has 3 heterocycles. The molecule has 0 bridgehead atoms. The Morgan fingerprint density at radius 1 is 1.21 bits per heavy atom. The van der Waals surface area contributed by atoms with Crippen molar-refractivity contribution in [3.05, 3.63) is 70.4 Å². The van der Waals surface area contributed by atoms with Crippen LogP contribution in [-0.2, 0) is 21.8 Å². The first kappa shape index (κ1) is 21.9. The molecule has 2 aromatic carbocycles. The van der Waals surface area contributed by atoms with E-state index in [9.17, 15) is 4.79 Å². The minimum absolute atomic E-state index is 0.198. The van der Waals surface area contributed by atoms with Gasteiger partial charge >= 0.3 is 5.97 Å². The van der Waals surface area contributed by atoms with Gasteiger partial charge in [-0.15, -0.1) is 23.1 Å². The van der Waals surface area contributed by atoms with E-state index in [0.717, 1.165) is 43.2 Å². The summed E-state index contributed by atoms with van der Waals surface area (Å²) in [6, 6.07) is 12.1. The van der Waals surface area contributed by atoms with Crippen LogP contribution in [0.25, 0.3) is 21.3 Å². The van der Waals surface area contributed by atoms with Crippen molar-refractivity contribution < 1.29 is 19.0 Å². The quantitative estimate of drug-likeness (QED) is 0.191. The largest absolute Gasteiger partial charge is 0.467 e.